The SMILES string of the molecule is COC12CC3C(NC(=O)c4ccc(Br)n43)C1NC(=O)N2C. The monoisotopic (exact) mass is 354 g/mol. The molecular formula is C13H15BrN4O3. The summed E-state index contributed by atoms with van der Waals surface area (Å²) in [6.45, 7) is 0. The summed E-state index contributed by atoms with van der Waals surface area (Å²) >= 11 is 3.50. The van der Waals surface area contributed by atoms with Gasteiger partial charge in [-0.3, -0.25) is 9.69 Å². The molecule has 3 amide bonds. The largest absolute Gasteiger partial charge is 0.356 e. The van der Waals surface area contributed by atoms with Gasteiger partial charge in [0.05, 0.1) is 16.7 Å². The molecule has 3 aliphatic rings. The summed E-state index contributed by atoms with van der Waals surface area (Å²) in [4.78, 5) is 25.8. The number of hydrogen-bond acceptors (Lipinski definition) is 3. The highest BCUT2D eigenvalue weighted by molar-refractivity contribution is 9.10. The maximum Gasteiger partial charge on any atom is 0.319 e. The Labute approximate surface area is 129 Å². The minimum atomic E-state index is -0.731. The predicted molar refractivity (Wildman–Crippen MR) is 76.9 cm³/mol. The van der Waals surface area contributed by atoms with Crippen molar-refractivity contribution in [3.8, 4) is 0 Å². The second-order valence-corrected chi connectivity index (χ2v) is 6.53. The van der Waals surface area contributed by atoms with Gasteiger partial charge in [-0.05, 0) is 28.1 Å². The minimum Gasteiger partial charge on any atom is -0.356 e. The molecule has 4 unspecified atom stereocenters. The van der Waals surface area contributed by atoms with Gasteiger partial charge in [-0.25, -0.2) is 4.79 Å². The van der Waals surface area contributed by atoms with Crippen LogP contribution < -0.4 is 10.6 Å². The third-order valence-corrected chi connectivity index (χ3v) is 5.64. The minimum absolute atomic E-state index is 0.0371. The summed E-state index contributed by atoms with van der Waals surface area (Å²) in [5.74, 6) is -0.127. The van der Waals surface area contributed by atoms with Gasteiger partial charge in [0.15, 0.2) is 5.72 Å². The Kier molecular flexibility index (Phi) is 2.51. The first-order chi connectivity index (χ1) is 9.99. The number of nitrogens with one attached hydrogen (secondary N) is 2. The van der Waals surface area contributed by atoms with E-state index in [0.29, 0.717) is 12.1 Å². The molecule has 0 bridgehead atoms. The molecule has 2 fully saturated rings. The molecule has 2 N–H and O–H groups in total. The zero-order valence-electron chi connectivity index (χ0n) is 11.6. The van der Waals surface area contributed by atoms with Crippen molar-refractivity contribution in [3.63, 3.8) is 0 Å². The van der Waals surface area contributed by atoms with Gasteiger partial charge in [-0.2, -0.15) is 0 Å². The van der Waals surface area contributed by atoms with Crippen molar-refractivity contribution in [2.75, 3.05) is 14.2 Å². The van der Waals surface area contributed by atoms with Gasteiger partial charge >= 0.3 is 6.03 Å². The highest BCUT2D eigenvalue weighted by atomic mass is 79.9. The number of hydrogen-bond donors (Lipinski definition) is 2. The Bertz CT molecular complexity index is 660. The van der Waals surface area contributed by atoms with E-state index in [-0.39, 0.29) is 30.1 Å². The van der Waals surface area contributed by atoms with Crippen molar-refractivity contribution in [2.45, 2.75) is 30.3 Å². The Morgan fingerprint density at radius 2 is 2.14 bits per heavy atom. The van der Waals surface area contributed by atoms with E-state index in [9.17, 15) is 9.59 Å². The molecule has 0 spiro atoms. The van der Waals surface area contributed by atoms with Crippen molar-refractivity contribution in [2.24, 2.45) is 0 Å². The van der Waals surface area contributed by atoms with Crippen molar-refractivity contribution in [1.29, 1.82) is 0 Å². The van der Waals surface area contributed by atoms with Gasteiger partial charge in [-0.1, -0.05) is 0 Å². The van der Waals surface area contributed by atoms with Crippen LogP contribution >= 0.6 is 15.9 Å². The van der Waals surface area contributed by atoms with Crippen molar-refractivity contribution < 1.29 is 14.3 Å². The van der Waals surface area contributed by atoms with Gasteiger partial charge in [0.2, 0.25) is 0 Å². The van der Waals surface area contributed by atoms with Gasteiger partial charge in [0, 0.05) is 20.6 Å². The van der Waals surface area contributed by atoms with Crippen LogP contribution in [0.25, 0.3) is 0 Å². The fourth-order valence-corrected chi connectivity index (χ4v) is 4.54. The second kappa shape index (κ2) is 4.01. The molecule has 1 aliphatic carbocycles. The first-order valence-electron chi connectivity index (χ1n) is 6.76. The maximum atomic E-state index is 12.3. The van der Waals surface area contributed by atoms with Crippen molar-refractivity contribution in [1.82, 2.24) is 20.1 Å². The zero-order chi connectivity index (χ0) is 14.9. The third kappa shape index (κ3) is 1.41. The molecule has 8 heteroatoms. The number of methoxy groups -OCH3 is 1. The number of amides is 3. The van der Waals surface area contributed by atoms with Crippen LogP contribution in [0.1, 0.15) is 23.0 Å². The van der Waals surface area contributed by atoms with E-state index in [1.165, 1.54) is 0 Å². The number of fused-ring (bicyclic) bond motifs is 5. The number of halogens is 1. The molecule has 21 heavy (non-hydrogen) atoms. The molecule has 7 nitrogen and oxygen atoms in total. The number of carbonyl (C=O) groups excluding carboxylic acids is 2. The van der Waals surface area contributed by atoms with Crippen LogP contribution in [0.4, 0.5) is 4.79 Å². The Hall–Kier alpha value is -1.54. The van der Waals surface area contributed by atoms with E-state index in [4.69, 9.17) is 4.74 Å². The average molecular weight is 355 g/mol. The van der Waals surface area contributed by atoms with Crippen LogP contribution in [-0.2, 0) is 4.74 Å². The lowest BCUT2D eigenvalue weighted by Crippen LogP contribution is -2.56. The Morgan fingerprint density at radius 3 is 2.86 bits per heavy atom. The highest BCUT2D eigenvalue weighted by Gasteiger charge is 2.64. The molecule has 1 aromatic heterocycles. The molecule has 1 saturated carbocycles. The number of aromatic nitrogens is 1. The number of nitrogens with zero attached hydrogens (tertiary/aromatic N) is 2. The molecule has 4 atom stereocenters. The molecule has 1 saturated heterocycles. The fraction of sp³-hybridized carbons (Fsp3) is 0.538. The van der Waals surface area contributed by atoms with Crippen LogP contribution in [0.5, 0.6) is 0 Å². The summed E-state index contributed by atoms with van der Waals surface area (Å²) in [6.07, 6.45) is 0.620. The predicted octanol–water partition coefficient (Wildman–Crippen LogP) is 0.674. The van der Waals surface area contributed by atoms with E-state index < -0.39 is 5.72 Å². The third-order valence-electron chi connectivity index (χ3n) is 5.00. The molecular weight excluding hydrogens is 340 g/mol. The fourth-order valence-electron chi connectivity index (χ4n) is 3.96. The number of urea groups is 1. The lowest BCUT2D eigenvalue weighted by Gasteiger charge is -2.33. The second-order valence-electron chi connectivity index (χ2n) is 5.72. The van der Waals surface area contributed by atoms with Crippen LogP contribution in [-0.4, -0.2) is 53.4 Å². The summed E-state index contributed by atoms with van der Waals surface area (Å²) < 4.78 is 8.58. The van der Waals surface area contributed by atoms with E-state index in [2.05, 4.69) is 26.6 Å². The molecule has 4 rings (SSSR count). The summed E-state index contributed by atoms with van der Waals surface area (Å²) in [5, 5.41) is 5.96. The molecule has 0 aromatic carbocycles. The van der Waals surface area contributed by atoms with Gasteiger partial charge in [0.25, 0.3) is 5.91 Å². The first kappa shape index (κ1) is 13.1. The highest BCUT2D eigenvalue weighted by Crippen LogP contribution is 2.48. The molecule has 3 heterocycles. The van der Waals surface area contributed by atoms with Crippen LogP contribution in [0.2, 0.25) is 0 Å². The number of likely N-dealkylation sites (N-methyl/N-ethyl adjacent to an activating group) is 1. The van der Waals surface area contributed by atoms with Crippen LogP contribution in [0, 0.1) is 0 Å². The Balaban J connectivity index is 1.84. The molecule has 112 valence electrons. The summed E-state index contributed by atoms with van der Waals surface area (Å²) in [5.41, 5.74) is -0.103. The number of carbonyl (C=O) groups is 2. The lowest BCUT2D eigenvalue weighted by atomic mass is 10.1. The van der Waals surface area contributed by atoms with Gasteiger partial charge in [0.1, 0.15) is 11.7 Å². The van der Waals surface area contributed by atoms with Gasteiger partial charge in [-0.15, -0.1) is 0 Å². The number of ether oxygens (including phenoxy) is 1. The first-order valence-corrected chi connectivity index (χ1v) is 7.56. The average Bonchev–Trinajstić information content (AvgIpc) is 3.06. The number of rotatable bonds is 1. The van der Waals surface area contributed by atoms with Gasteiger partial charge < -0.3 is 19.9 Å². The van der Waals surface area contributed by atoms with E-state index in [1.807, 2.05) is 10.6 Å². The normalized spacial score (nSPS) is 36.9. The van der Waals surface area contributed by atoms with E-state index in [1.54, 1.807) is 25.1 Å². The van der Waals surface area contributed by atoms with Crippen LogP contribution in [0.15, 0.2) is 16.7 Å². The zero-order valence-corrected chi connectivity index (χ0v) is 13.2. The van der Waals surface area contributed by atoms with Crippen molar-refractivity contribution in [3.05, 3.63) is 22.4 Å². The molecule has 1 aromatic rings. The van der Waals surface area contributed by atoms with E-state index in [0.717, 1.165) is 4.60 Å². The van der Waals surface area contributed by atoms with Crippen LogP contribution in [0.3, 0.4) is 0 Å². The maximum absolute atomic E-state index is 12.3. The quantitative estimate of drug-likeness (QED) is 0.778. The summed E-state index contributed by atoms with van der Waals surface area (Å²) in [6, 6.07) is 3.07. The summed E-state index contributed by atoms with van der Waals surface area (Å²) in [7, 11) is 3.33. The van der Waals surface area contributed by atoms with Crippen molar-refractivity contribution >= 4 is 27.9 Å². The standard InChI is InChI=1S/C13H15BrN4O3/c1-17-12(20)16-10-9-7(5-13(10,17)21-2)18-6(11(19)15-9)3-4-8(18)14/h3-4,7,9-10H,5H2,1-2H3,(H,15,19)(H,16,20). The molecule has 0 radical (unpaired) electrons. The molecule has 2 aliphatic heterocycles. The smallest absolute Gasteiger partial charge is 0.319 e. The Morgan fingerprint density at radius 1 is 1.38 bits per heavy atom. The topological polar surface area (TPSA) is 75.6 Å². The van der Waals surface area contributed by atoms with E-state index >= 15 is 0 Å². The lowest BCUT2D eigenvalue weighted by molar-refractivity contribution is -0.0913.